The summed E-state index contributed by atoms with van der Waals surface area (Å²) in [6, 6.07) is 5.82. The van der Waals surface area contributed by atoms with E-state index in [-0.39, 0.29) is 22.4 Å². The molecule has 0 atom stereocenters. The fourth-order valence-corrected chi connectivity index (χ4v) is 2.44. The first-order chi connectivity index (χ1) is 9.88. The number of hydrogen-bond acceptors (Lipinski definition) is 3. The Labute approximate surface area is 132 Å². The number of hydrogen-bond donors (Lipinski definition) is 1. The smallest absolute Gasteiger partial charge is 0.269 e. The molecule has 0 aromatic heterocycles. The van der Waals surface area contributed by atoms with Gasteiger partial charge in [0.15, 0.2) is 0 Å². The summed E-state index contributed by atoms with van der Waals surface area (Å²) in [5.74, 6) is -1.48. The van der Waals surface area contributed by atoms with Gasteiger partial charge in [-0.3, -0.25) is 10.1 Å². The number of nitro benzene ring substituents is 1. The van der Waals surface area contributed by atoms with Crippen LogP contribution in [0.2, 0.25) is 5.02 Å². The minimum atomic E-state index is -0.775. The molecule has 0 unspecified atom stereocenters. The van der Waals surface area contributed by atoms with Gasteiger partial charge in [0.25, 0.3) is 5.69 Å². The van der Waals surface area contributed by atoms with Crippen molar-refractivity contribution in [2.45, 2.75) is 6.54 Å². The lowest BCUT2D eigenvalue weighted by Gasteiger charge is -2.11. The lowest BCUT2D eigenvalue weighted by Crippen LogP contribution is -2.04. The molecule has 2 aromatic rings. The van der Waals surface area contributed by atoms with Crippen molar-refractivity contribution in [1.29, 1.82) is 0 Å². The van der Waals surface area contributed by atoms with Crippen LogP contribution in [0, 0.1) is 21.7 Å². The molecule has 0 saturated carbocycles. The van der Waals surface area contributed by atoms with E-state index in [0.717, 1.165) is 12.1 Å². The first kappa shape index (κ1) is 15.7. The fraction of sp³-hybridized carbons (Fsp3) is 0.0769. The number of rotatable bonds is 4. The summed E-state index contributed by atoms with van der Waals surface area (Å²) >= 11 is 8.99. The van der Waals surface area contributed by atoms with E-state index in [2.05, 4.69) is 21.2 Å². The van der Waals surface area contributed by atoms with Crippen LogP contribution in [0.4, 0.5) is 20.2 Å². The van der Waals surface area contributed by atoms with Crippen LogP contribution in [0.3, 0.4) is 0 Å². The van der Waals surface area contributed by atoms with Crippen molar-refractivity contribution in [2.24, 2.45) is 0 Å². The third kappa shape index (κ3) is 3.68. The van der Waals surface area contributed by atoms with E-state index in [4.69, 9.17) is 11.6 Å². The maximum absolute atomic E-state index is 13.6. The maximum Gasteiger partial charge on any atom is 0.269 e. The van der Waals surface area contributed by atoms with Crippen LogP contribution in [-0.2, 0) is 6.54 Å². The molecule has 0 spiro atoms. The van der Waals surface area contributed by atoms with Gasteiger partial charge in [0.2, 0.25) is 0 Å². The van der Waals surface area contributed by atoms with E-state index < -0.39 is 16.6 Å². The average Bonchev–Trinajstić information content (AvgIpc) is 2.39. The van der Waals surface area contributed by atoms with Crippen LogP contribution in [-0.4, -0.2) is 4.92 Å². The van der Waals surface area contributed by atoms with Gasteiger partial charge in [0.05, 0.1) is 10.6 Å². The summed E-state index contributed by atoms with van der Waals surface area (Å²) in [5.41, 5.74) is 0.371. The van der Waals surface area contributed by atoms with E-state index >= 15 is 0 Å². The molecule has 110 valence electrons. The summed E-state index contributed by atoms with van der Waals surface area (Å²) in [6.07, 6.45) is 0. The number of non-ortho nitro benzene ring substituents is 1. The molecule has 21 heavy (non-hydrogen) atoms. The quantitative estimate of drug-likeness (QED) is 0.609. The van der Waals surface area contributed by atoms with Gasteiger partial charge in [-0.05, 0) is 33.6 Å². The summed E-state index contributed by atoms with van der Waals surface area (Å²) in [6.45, 7) is 0.0572. The molecule has 2 aromatic carbocycles. The summed E-state index contributed by atoms with van der Waals surface area (Å²) in [5, 5.41) is 13.8. The van der Waals surface area contributed by atoms with Gasteiger partial charge >= 0.3 is 0 Å². The molecule has 0 fully saturated rings. The van der Waals surface area contributed by atoms with Crippen LogP contribution in [0.25, 0.3) is 0 Å². The molecular weight excluding hydrogens is 370 g/mol. The van der Waals surface area contributed by atoms with Crippen LogP contribution in [0.1, 0.15) is 5.56 Å². The number of benzene rings is 2. The highest BCUT2D eigenvalue weighted by atomic mass is 79.9. The molecule has 8 heteroatoms. The number of nitrogens with one attached hydrogen (secondary N) is 1. The van der Waals surface area contributed by atoms with E-state index in [1.807, 2.05) is 0 Å². The standard InChI is InChI=1S/C13H8BrClF2N2O2/c14-10-4-8(16)5-12(17)13(10)18-6-7-3-9(19(20)21)1-2-11(7)15/h1-5,18H,6H2. The molecule has 0 radical (unpaired) electrons. The van der Waals surface area contributed by atoms with E-state index in [9.17, 15) is 18.9 Å². The van der Waals surface area contributed by atoms with Crippen molar-refractivity contribution in [2.75, 3.05) is 5.32 Å². The van der Waals surface area contributed by atoms with E-state index in [1.54, 1.807) is 0 Å². The van der Waals surface area contributed by atoms with Crippen LogP contribution in [0.5, 0.6) is 0 Å². The molecule has 0 saturated heterocycles. The minimum Gasteiger partial charge on any atom is -0.378 e. The Balaban J connectivity index is 2.24. The van der Waals surface area contributed by atoms with Crippen molar-refractivity contribution in [3.63, 3.8) is 0 Å². The Morgan fingerprint density at radius 3 is 2.62 bits per heavy atom. The maximum atomic E-state index is 13.6. The topological polar surface area (TPSA) is 55.2 Å². The summed E-state index contributed by atoms with van der Waals surface area (Å²) in [4.78, 5) is 10.2. The molecular formula is C13H8BrClF2N2O2. The van der Waals surface area contributed by atoms with Gasteiger partial charge in [0.1, 0.15) is 11.6 Å². The predicted molar refractivity (Wildman–Crippen MR) is 79.5 cm³/mol. The molecule has 0 bridgehead atoms. The Morgan fingerprint density at radius 2 is 2.00 bits per heavy atom. The SMILES string of the molecule is O=[N+]([O-])c1ccc(Cl)c(CNc2c(F)cc(F)cc2Br)c1. The fourth-order valence-electron chi connectivity index (χ4n) is 1.70. The van der Waals surface area contributed by atoms with E-state index in [1.165, 1.54) is 18.2 Å². The van der Waals surface area contributed by atoms with Crippen LogP contribution in [0.15, 0.2) is 34.8 Å². The molecule has 2 rings (SSSR count). The van der Waals surface area contributed by atoms with Crippen molar-refractivity contribution in [3.05, 3.63) is 67.1 Å². The Morgan fingerprint density at radius 1 is 1.29 bits per heavy atom. The van der Waals surface area contributed by atoms with Gasteiger partial charge in [0, 0.05) is 34.2 Å². The number of nitrogens with zero attached hydrogens (tertiary/aromatic N) is 1. The second-order valence-corrected chi connectivity index (χ2v) is 5.39. The number of anilines is 1. The first-order valence-electron chi connectivity index (χ1n) is 5.69. The van der Waals surface area contributed by atoms with Crippen molar-refractivity contribution < 1.29 is 13.7 Å². The number of halogens is 4. The largest absolute Gasteiger partial charge is 0.378 e. The minimum absolute atomic E-state index is 0.0546. The summed E-state index contributed by atoms with van der Waals surface area (Å²) in [7, 11) is 0. The predicted octanol–water partition coefficient (Wildman–Crippen LogP) is 4.90. The van der Waals surface area contributed by atoms with Gasteiger partial charge < -0.3 is 5.32 Å². The molecule has 4 nitrogen and oxygen atoms in total. The molecule has 0 heterocycles. The second-order valence-electron chi connectivity index (χ2n) is 4.13. The average molecular weight is 378 g/mol. The zero-order valence-electron chi connectivity index (χ0n) is 10.4. The summed E-state index contributed by atoms with van der Waals surface area (Å²) < 4.78 is 26.8. The van der Waals surface area contributed by atoms with Crippen molar-refractivity contribution in [3.8, 4) is 0 Å². The zero-order valence-corrected chi connectivity index (χ0v) is 12.7. The molecule has 0 aliphatic heterocycles. The van der Waals surface area contributed by atoms with E-state index in [0.29, 0.717) is 10.6 Å². The Kier molecular flexibility index (Phi) is 4.74. The monoisotopic (exact) mass is 376 g/mol. The molecule has 0 amide bonds. The highest BCUT2D eigenvalue weighted by Gasteiger charge is 2.12. The Bertz CT molecular complexity index is 690. The van der Waals surface area contributed by atoms with Gasteiger partial charge in [-0.15, -0.1) is 0 Å². The molecule has 0 aliphatic carbocycles. The Hall–Kier alpha value is -1.73. The first-order valence-corrected chi connectivity index (χ1v) is 6.87. The molecule has 1 N–H and O–H groups in total. The molecule has 0 aliphatic rings. The highest BCUT2D eigenvalue weighted by Crippen LogP contribution is 2.29. The van der Waals surface area contributed by atoms with Gasteiger partial charge in [-0.25, -0.2) is 8.78 Å². The lowest BCUT2D eigenvalue weighted by molar-refractivity contribution is -0.384. The third-order valence-electron chi connectivity index (χ3n) is 2.70. The van der Waals surface area contributed by atoms with Crippen molar-refractivity contribution >= 4 is 38.9 Å². The normalized spacial score (nSPS) is 10.5. The van der Waals surface area contributed by atoms with Gasteiger partial charge in [-0.1, -0.05) is 11.6 Å². The highest BCUT2D eigenvalue weighted by molar-refractivity contribution is 9.10. The number of nitro groups is 1. The van der Waals surface area contributed by atoms with Crippen LogP contribution < -0.4 is 5.32 Å². The van der Waals surface area contributed by atoms with Crippen LogP contribution >= 0.6 is 27.5 Å². The lowest BCUT2D eigenvalue weighted by atomic mass is 10.2. The second kappa shape index (κ2) is 6.36. The van der Waals surface area contributed by atoms with Gasteiger partial charge in [-0.2, -0.15) is 0 Å². The zero-order chi connectivity index (χ0) is 15.6. The third-order valence-corrected chi connectivity index (χ3v) is 3.70. The van der Waals surface area contributed by atoms with Crippen molar-refractivity contribution in [1.82, 2.24) is 0 Å².